The maximum atomic E-state index is 11.3. The first kappa shape index (κ1) is 15.4. The van der Waals surface area contributed by atoms with Crippen LogP contribution in [0.1, 0.15) is 13.3 Å². The molecule has 0 aliphatic carbocycles. The summed E-state index contributed by atoms with van der Waals surface area (Å²) in [5.41, 5.74) is 0.896. The van der Waals surface area contributed by atoms with E-state index in [-0.39, 0.29) is 5.91 Å². The molecule has 0 spiro atoms. The number of ether oxygens (including phenoxy) is 1. The van der Waals surface area contributed by atoms with Crippen LogP contribution in [0.5, 0.6) is 5.75 Å². The average Bonchev–Trinajstić information content (AvgIpc) is 2.92. The SMILES string of the molecule is CCOc1ccc(-c2nnn(CN3CCNC(=O)CC3)n2)cc1. The molecular weight excluding hydrogens is 296 g/mol. The monoisotopic (exact) mass is 316 g/mol. The Bertz CT molecular complexity index is 654. The number of carbonyl (C=O) groups excluding carboxylic acids is 1. The third kappa shape index (κ3) is 4.04. The molecule has 23 heavy (non-hydrogen) atoms. The van der Waals surface area contributed by atoms with Gasteiger partial charge in [0.15, 0.2) is 0 Å². The molecule has 1 saturated heterocycles. The van der Waals surface area contributed by atoms with Crippen LogP contribution in [0.25, 0.3) is 11.4 Å². The summed E-state index contributed by atoms with van der Waals surface area (Å²) in [5, 5.41) is 15.4. The first-order valence-electron chi connectivity index (χ1n) is 7.74. The Hall–Kier alpha value is -2.48. The number of rotatable bonds is 5. The van der Waals surface area contributed by atoms with Crippen LogP contribution in [-0.4, -0.2) is 57.3 Å². The highest BCUT2D eigenvalue weighted by Gasteiger charge is 2.15. The third-order valence-electron chi connectivity index (χ3n) is 3.61. The first-order valence-corrected chi connectivity index (χ1v) is 7.74. The number of aromatic nitrogens is 4. The van der Waals surface area contributed by atoms with Crippen molar-refractivity contribution < 1.29 is 9.53 Å². The van der Waals surface area contributed by atoms with Gasteiger partial charge in [-0.2, -0.15) is 0 Å². The Labute approximate surface area is 134 Å². The highest BCUT2D eigenvalue weighted by molar-refractivity contribution is 5.76. The fourth-order valence-electron chi connectivity index (χ4n) is 2.42. The fraction of sp³-hybridized carbons (Fsp3) is 0.467. The van der Waals surface area contributed by atoms with Crippen LogP contribution in [0.15, 0.2) is 24.3 Å². The van der Waals surface area contributed by atoms with Crippen LogP contribution in [0, 0.1) is 0 Å². The fourth-order valence-corrected chi connectivity index (χ4v) is 2.42. The Balaban J connectivity index is 1.64. The molecule has 2 aromatic rings. The standard InChI is InChI=1S/C15H20N6O2/c1-2-23-13-5-3-12(4-6-13)15-17-19-21(18-15)11-20-9-7-14(22)16-8-10-20/h3-6H,2,7-11H2,1H3,(H,16,22). The number of tetrazole rings is 1. The van der Waals surface area contributed by atoms with Crippen molar-refractivity contribution in [3.63, 3.8) is 0 Å². The predicted octanol–water partition coefficient (Wildman–Crippen LogP) is 0.518. The van der Waals surface area contributed by atoms with Gasteiger partial charge < -0.3 is 10.1 Å². The van der Waals surface area contributed by atoms with Crippen LogP contribution in [0.4, 0.5) is 0 Å². The maximum absolute atomic E-state index is 11.3. The van der Waals surface area contributed by atoms with Crippen molar-refractivity contribution in [3.05, 3.63) is 24.3 Å². The van der Waals surface area contributed by atoms with Gasteiger partial charge in [-0.15, -0.1) is 15.0 Å². The number of amides is 1. The molecule has 0 unspecified atom stereocenters. The molecule has 0 atom stereocenters. The van der Waals surface area contributed by atoms with Gasteiger partial charge in [-0.05, 0) is 36.4 Å². The topological polar surface area (TPSA) is 85.2 Å². The molecule has 1 aliphatic rings. The minimum absolute atomic E-state index is 0.0918. The van der Waals surface area contributed by atoms with Crippen LogP contribution >= 0.6 is 0 Å². The van der Waals surface area contributed by atoms with E-state index in [1.165, 1.54) is 0 Å². The van der Waals surface area contributed by atoms with Crippen molar-refractivity contribution >= 4 is 5.91 Å². The van der Waals surface area contributed by atoms with Gasteiger partial charge in [0, 0.05) is 31.6 Å². The number of carbonyl (C=O) groups is 1. The lowest BCUT2D eigenvalue weighted by molar-refractivity contribution is -0.120. The van der Waals surface area contributed by atoms with E-state index in [4.69, 9.17) is 4.74 Å². The van der Waals surface area contributed by atoms with Gasteiger partial charge in [-0.3, -0.25) is 9.69 Å². The van der Waals surface area contributed by atoms with Crippen LogP contribution in [0.3, 0.4) is 0 Å². The van der Waals surface area contributed by atoms with Crippen LogP contribution in [-0.2, 0) is 11.5 Å². The second-order valence-electron chi connectivity index (χ2n) is 5.30. The van der Waals surface area contributed by atoms with Crippen molar-refractivity contribution in [2.24, 2.45) is 0 Å². The Kier molecular flexibility index (Phi) is 4.82. The van der Waals surface area contributed by atoms with E-state index >= 15 is 0 Å². The highest BCUT2D eigenvalue weighted by Crippen LogP contribution is 2.18. The molecule has 1 fully saturated rings. The van der Waals surface area contributed by atoms with E-state index in [1.807, 2.05) is 31.2 Å². The number of benzene rings is 1. The molecule has 1 aliphatic heterocycles. The van der Waals surface area contributed by atoms with Crippen molar-refractivity contribution in [1.29, 1.82) is 0 Å². The van der Waals surface area contributed by atoms with Gasteiger partial charge in [-0.1, -0.05) is 0 Å². The van der Waals surface area contributed by atoms with Crippen molar-refractivity contribution in [3.8, 4) is 17.1 Å². The molecular formula is C15H20N6O2. The zero-order valence-corrected chi connectivity index (χ0v) is 13.1. The second kappa shape index (κ2) is 7.19. The lowest BCUT2D eigenvalue weighted by Gasteiger charge is -2.16. The maximum Gasteiger partial charge on any atom is 0.221 e. The lowest BCUT2D eigenvalue weighted by atomic mass is 10.2. The van der Waals surface area contributed by atoms with Crippen molar-refractivity contribution in [1.82, 2.24) is 30.4 Å². The van der Waals surface area contributed by atoms with Gasteiger partial charge in [0.2, 0.25) is 11.7 Å². The average molecular weight is 316 g/mol. The summed E-state index contributed by atoms with van der Waals surface area (Å²) in [7, 11) is 0. The third-order valence-corrected chi connectivity index (χ3v) is 3.61. The molecule has 122 valence electrons. The highest BCUT2D eigenvalue weighted by atomic mass is 16.5. The van der Waals surface area contributed by atoms with Gasteiger partial charge in [0.25, 0.3) is 0 Å². The quantitative estimate of drug-likeness (QED) is 0.865. The van der Waals surface area contributed by atoms with E-state index < -0.39 is 0 Å². The van der Waals surface area contributed by atoms with Gasteiger partial charge >= 0.3 is 0 Å². The van der Waals surface area contributed by atoms with E-state index in [2.05, 4.69) is 25.6 Å². The molecule has 1 N–H and O–H groups in total. The zero-order valence-electron chi connectivity index (χ0n) is 13.1. The summed E-state index contributed by atoms with van der Waals surface area (Å²) in [6, 6.07) is 7.62. The summed E-state index contributed by atoms with van der Waals surface area (Å²) in [4.78, 5) is 15.0. The molecule has 0 saturated carbocycles. The second-order valence-corrected chi connectivity index (χ2v) is 5.30. The lowest BCUT2D eigenvalue weighted by Crippen LogP contribution is -2.31. The molecule has 3 rings (SSSR count). The molecule has 1 amide bonds. The summed E-state index contributed by atoms with van der Waals surface area (Å²) >= 11 is 0. The number of hydrogen-bond acceptors (Lipinski definition) is 6. The van der Waals surface area contributed by atoms with Crippen LogP contribution in [0.2, 0.25) is 0 Å². The predicted molar refractivity (Wildman–Crippen MR) is 83.6 cm³/mol. The molecule has 1 aromatic carbocycles. The first-order chi connectivity index (χ1) is 11.2. The normalized spacial score (nSPS) is 16.0. The Morgan fingerprint density at radius 1 is 1.26 bits per heavy atom. The van der Waals surface area contributed by atoms with Gasteiger partial charge in [-0.25, -0.2) is 0 Å². The Morgan fingerprint density at radius 2 is 2.09 bits per heavy atom. The minimum atomic E-state index is 0.0918. The molecule has 8 heteroatoms. The molecule has 0 bridgehead atoms. The molecule has 1 aromatic heterocycles. The number of nitrogens with one attached hydrogen (secondary N) is 1. The number of hydrogen-bond donors (Lipinski definition) is 1. The smallest absolute Gasteiger partial charge is 0.221 e. The number of nitrogens with zero attached hydrogens (tertiary/aromatic N) is 5. The van der Waals surface area contributed by atoms with Gasteiger partial charge in [0.1, 0.15) is 12.4 Å². The van der Waals surface area contributed by atoms with E-state index in [9.17, 15) is 4.79 Å². The molecule has 8 nitrogen and oxygen atoms in total. The summed E-state index contributed by atoms with van der Waals surface area (Å²) < 4.78 is 5.42. The van der Waals surface area contributed by atoms with Crippen molar-refractivity contribution in [2.75, 3.05) is 26.2 Å². The van der Waals surface area contributed by atoms with Crippen molar-refractivity contribution in [2.45, 2.75) is 20.0 Å². The Morgan fingerprint density at radius 3 is 2.87 bits per heavy atom. The summed E-state index contributed by atoms with van der Waals surface area (Å²) in [5.74, 6) is 1.50. The largest absolute Gasteiger partial charge is 0.494 e. The van der Waals surface area contributed by atoms with Crippen LogP contribution < -0.4 is 10.1 Å². The van der Waals surface area contributed by atoms with E-state index in [0.717, 1.165) is 17.9 Å². The zero-order chi connectivity index (χ0) is 16.1. The summed E-state index contributed by atoms with van der Waals surface area (Å²) in [6.45, 7) is 5.25. The van der Waals surface area contributed by atoms with Gasteiger partial charge in [0.05, 0.1) is 6.61 Å². The summed E-state index contributed by atoms with van der Waals surface area (Å²) in [6.07, 6.45) is 0.500. The van der Waals surface area contributed by atoms with E-state index in [0.29, 0.717) is 38.6 Å². The molecule has 2 heterocycles. The van der Waals surface area contributed by atoms with E-state index in [1.54, 1.807) is 4.80 Å². The molecule has 0 radical (unpaired) electrons. The minimum Gasteiger partial charge on any atom is -0.494 e.